The van der Waals surface area contributed by atoms with Crippen molar-refractivity contribution < 1.29 is 4.79 Å². The number of rotatable bonds is 4. The summed E-state index contributed by atoms with van der Waals surface area (Å²) in [5.41, 5.74) is 1.18. The van der Waals surface area contributed by atoms with Gasteiger partial charge in [-0.15, -0.1) is 0 Å². The van der Waals surface area contributed by atoms with Crippen LogP contribution >= 0.6 is 12.6 Å². The fourth-order valence-electron chi connectivity index (χ4n) is 3.06. The van der Waals surface area contributed by atoms with Crippen molar-refractivity contribution in [1.29, 1.82) is 0 Å². The van der Waals surface area contributed by atoms with Crippen molar-refractivity contribution in [2.45, 2.75) is 31.2 Å². The van der Waals surface area contributed by atoms with E-state index < -0.39 is 0 Å². The Labute approximate surface area is 137 Å². The van der Waals surface area contributed by atoms with Gasteiger partial charge >= 0.3 is 0 Å². The van der Waals surface area contributed by atoms with Gasteiger partial charge in [-0.2, -0.15) is 12.6 Å². The standard InChI is InChI=1S/C18H22N2OS/c1-13(21)20(12-17-9-18(22)10-19-17)11-14-6-7-15-4-2-3-5-16(15)8-14/h2-8,17-19,22H,9-12H2,1H3/t17-,18-/m0/s1. The molecule has 1 saturated heterocycles. The lowest BCUT2D eigenvalue weighted by Crippen LogP contribution is -2.39. The lowest BCUT2D eigenvalue weighted by molar-refractivity contribution is -0.129. The minimum Gasteiger partial charge on any atom is -0.337 e. The maximum atomic E-state index is 12.0. The zero-order valence-corrected chi connectivity index (χ0v) is 13.7. The Kier molecular flexibility index (Phi) is 4.69. The lowest BCUT2D eigenvalue weighted by atomic mass is 10.1. The van der Waals surface area contributed by atoms with Crippen molar-refractivity contribution in [3.63, 3.8) is 0 Å². The highest BCUT2D eigenvalue weighted by atomic mass is 32.1. The zero-order valence-electron chi connectivity index (χ0n) is 12.8. The third-order valence-corrected chi connectivity index (χ3v) is 4.67. The molecule has 0 bridgehead atoms. The van der Waals surface area contributed by atoms with Crippen LogP contribution in [0.2, 0.25) is 0 Å². The SMILES string of the molecule is CC(=O)N(Cc1ccc2ccccc2c1)C[C@@H]1C[C@H](S)CN1. The van der Waals surface area contributed by atoms with E-state index in [0.717, 1.165) is 19.5 Å². The van der Waals surface area contributed by atoms with Gasteiger partial charge in [0.05, 0.1) is 0 Å². The molecule has 0 radical (unpaired) electrons. The number of benzene rings is 2. The third kappa shape index (κ3) is 3.62. The van der Waals surface area contributed by atoms with Crippen LogP contribution in [0.25, 0.3) is 10.8 Å². The molecule has 2 atom stereocenters. The van der Waals surface area contributed by atoms with Crippen molar-refractivity contribution in [3.05, 3.63) is 48.0 Å². The van der Waals surface area contributed by atoms with E-state index in [0.29, 0.717) is 17.8 Å². The molecule has 1 aliphatic rings. The zero-order chi connectivity index (χ0) is 15.5. The number of hydrogen-bond donors (Lipinski definition) is 2. The van der Waals surface area contributed by atoms with Gasteiger partial charge in [0, 0.05) is 37.8 Å². The van der Waals surface area contributed by atoms with Crippen LogP contribution in [-0.2, 0) is 11.3 Å². The molecule has 22 heavy (non-hydrogen) atoms. The molecule has 0 unspecified atom stereocenters. The van der Waals surface area contributed by atoms with Gasteiger partial charge < -0.3 is 10.2 Å². The molecule has 2 aromatic carbocycles. The second kappa shape index (κ2) is 6.71. The van der Waals surface area contributed by atoms with Crippen LogP contribution in [0.1, 0.15) is 18.9 Å². The van der Waals surface area contributed by atoms with Crippen LogP contribution in [0.5, 0.6) is 0 Å². The Morgan fingerprint density at radius 1 is 1.27 bits per heavy atom. The van der Waals surface area contributed by atoms with Crippen LogP contribution in [0.4, 0.5) is 0 Å². The number of thiol groups is 1. The van der Waals surface area contributed by atoms with Gasteiger partial charge in [-0.25, -0.2) is 0 Å². The van der Waals surface area contributed by atoms with E-state index in [1.54, 1.807) is 6.92 Å². The number of fused-ring (bicyclic) bond motifs is 1. The number of carbonyl (C=O) groups excluding carboxylic acids is 1. The molecule has 2 aromatic rings. The van der Waals surface area contributed by atoms with E-state index in [2.05, 4.69) is 48.3 Å². The Bertz CT molecular complexity index is 673. The highest BCUT2D eigenvalue weighted by Gasteiger charge is 2.24. The molecule has 1 N–H and O–H groups in total. The van der Waals surface area contributed by atoms with Gasteiger partial charge in [-0.3, -0.25) is 4.79 Å². The number of hydrogen-bond acceptors (Lipinski definition) is 3. The van der Waals surface area contributed by atoms with Gasteiger partial charge in [0.1, 0.15) is 0 Å². The molecule has 1 fully saturated rings. The first-order valence-corrected chi connectivity index (χ1v) is 8.28. The molecule has 1 heterocycles. The quantitative estimate of drug-likeness (QED) is 0.851. The summed E-state index contributed by atoms with van der Waals surface area (Å²) in [4.78, 5) is 13.9. The first-order valence-electron chi connectivity index (χ1n) is 7.76. The smallest absolute Gasteiger partial charge is 0.219 e. The number of nitrogens with one attached hydrogen (secondary N) is 1. The van der Waals surface area contributed by atoms with Gasteiger partial charge in [0.25, 0.3) is 0 Å². The van der Waals surface area contributed by atoms with Crippen molar-refractivity contribution in [2.75, 3.05) is 13.1 Å². The predicted molar refractivity (Wildman–Crippen MR) is 94.2 cm³/mol. The largest absolute Gasteiger partial charge is 0.337 e. The summed E-state index contributed by atoms with van der Waals surface area (Å²) in [7, 11) is 0. The van der Waals surface area contributed by atoms with Crippen molar-refractivity contribution >= 4 is 29.3 Å². The fourth-order valence-corrected chi connectivity index (χ4v) is 3.42. The molecule has 0 spiro atoms. The monoisotopic (exact) mass is 314 g/mol. The van der Waals surface area contributed by atoms with E-state index in [9.17, 15) is 4.79 Å². The van der Waals surface area contributed by atoms with Crippen molar-refractivity contribution in [2.24, 2.45) is 0 Å². The summed E-state index contributed by atoms with van der Waals surface area (Å²) in [6.07, 6.45) is 1.02. The van der Waals surface area contributed by atoms with E-state index in [1.165, 1.54) is 16.3 Å². The number of nitrogens with zero attached hydrogens (tertiary/aromatic N) is 1. The molecule has 0 aromatic heterocycles. The van der Waals surface area contributed by atoms with Crippen LogP contribution in [0.3, 0.4) is 0 Å². The topological polar surface area (TPSA) is 32.3 Å². The summed E-state index contributed by atoms with van der Waals surface area (Å²) in [5.74, 6) is 0.123. The molecule has 3 rings (SSSR count). The maximum absolute atomic E-state index is 12.0. The predicted octanol–water partition coefficient (Wildman–Crippen LogP) is 2.85. The third-order valence-electron chi connectivity index (χ3n) is 4.27. The molecular formula is C18H22N2OS. The van der Waals surface area contributed by atoms with E-state index in [1.807, 2.05) is 17.0 Å². The maximum Gasteiger partial charge on any atom is 0.219 e. The second-order valence-corrected chi connectivity index (χ2v) is 6.81. The molecule has 116 valence electrons. The first-order chi connectivity index (χ1) is 10.6. The average Bonchev–Trinajstić information content (AvgIpc) is 2.91. The first kappa shape index (κ1) is 15.4. The molecule has 1 aliphatic heterocycles. The Morgan fingerprint density at radius 3 is 2.73 bits per heavy atom. The number of amides is 1. The molecule has 4 heteroatoms. The van der Waals surface area contributed by atoms with Gasteiger partial charge in [-0.05, 0) is 28.8 Å². The Hall–Kier alpha value is -1.52. The summed E-state index contributed by atoms with van der Waals surface area (Å²) in [6, 6.07) is 15.1. The summed E-state index contributed by atoms with van der Waals surface area (Å²) in [5, 5.41) is 6.29. The van der Waals surface area contributed by atoms with Crippen LogP contribution in [0.15, 0.2) is 42.5 Å². The van der Waals surface area contributed by atoms with E-state index >= 15 is 0 Å². The highest BCUT2D eigenvalue weighted by molar-refractivity contribution is 7.81. The van der Waals surface area contributed by atoms with Gasteiger partial charge in [0.15, 0.2) is 0 Å². The molecule has 0 saturated carbocycles. The lowest BCUT2D eigenvalue weighted by Gasteiger charge is -2.25. The van der Waals surface area contributed by atoms with Crippen molar-refractivity contribution in [1.82, 2.24) is 10.2 Å². The summed E-state index contributed by atoms with van der Waals surface area (Å²) >= 11 is 4.50. The summed E-state index contributed by atoms with van der Waals surface area (Å²) in [6.45, 7) is 3.98. The van der Waals surface area contributed by atoms with Crippen molar-refractivity contribution in [3.8, 4) is 0 Å². The summed E-state index contributed by atoms with van der Waals surface area (Å²) < 4.78 is 0. The molecule has 3 nitrogen and oxygen atoms in total. The minimum absolute atomic E-state index is 0.123. The molecule has 1 amide bonds. The van der Waals surface area contributed by atoms with Gasteiger partial charge in [0.2, 0.25) is 5.91 Å². The van der Waals surface area contributed by atoms with Crippen LogP contribution in [-0.4, -0.2) is 35.2 Å². The van der Waals surface area contributed by atoms with Crippen LogP contribution in [0, 0.1) is 0 Å². The van der Waals surface area contributed by atoms with E-state index in [4.69, 9.17) is 0 Å². The molecular weight excluding hydrogens is 292 g/mol. The van der Waals surface area contributed by atoms with E-state index in [-0.39, 0.29) is 5.91 Å². The second-order valence-electron chi connectivity index (χ2n) is 6.08. The average molecular weight is 314 g/mol. The Morgan fingerprint density at radius 2 is 2.05 bits per heavy atom. The Balaban J connectivity index is 1.73. The van der Waals surface area contributed by atoms with Gasteiger partial charge in [-0.1, -0.05) is 36.4 Å². The minimum atomic E-state index is 0.123. The van der Waals surface area contributed by atoms with Crippen LogP contribution < -0.4 is 5.32 Å². The number of carbonyl (C=O) groups is 1. The highest BCUT2D eigenvalue weighted by Crippen LogP contribution is 2.18. The molecule has 0 aliphatic carbocycles. The fraction of sp³-hybridized carbons (Fsp3) is 0.389. The normalized spacial score (nSPS) is 21.2.